The molecule has 9 heteroatoms. The number of aromatic hydroxyl groups is 1. The Morgan fingerprint density at radius 2 is 2.00 bits per heavy atom. The molecule has 1 fully saturated rings. The number of fused-ring (bicyclic) bond motifs is 2. The summed E-state index contributed by atoms with van der Waals surface area (Å²) in [4.78, 5) is 27.0. The molecule has 1 atom stereocenters. The van der Waals surface area contributed by atoms with Crippen LogP contribution in [-0.4, -0.2) is 58.1 Å². The van der Waals surface area contributed by atoms with E-state index in [4.69, 9.17) is 11.6 Å². The molecule has 3 heterocycles. The smallest absolute Gasteiger partial charge is 0.316 e. The van der Waals surface area contributed by atoms with Crippen LogP contribution in [0.15, 0.2) is 49.1 Å². The molecule has 3 aromatic rings. The van der Waals surface area contributed by atoms with Gasteiger partial charge in [-0.25, -0.2) is 0 Å². The lowest BCUT2D eigenvalue weighted by molar-refractivity contribution is -0.128. The summed E-state index contributed by atoms with van der Waals surface area (Å²) in [6.45, 7) is 6.30. The summed E-state index contributed by atoms with van der Waals surface area (Å²) in [5, 5.41) is 22.5. The van der Waals surface area contributed by atoms with E-state index < -0.39 is 0 Å². The topological polar surface area (TPSA) is 96.6 Å². The highest BCUT2D eigenvalue weighted by Crippen LogP contribution is 2.37. The average Bonchev–Trinajstić information content (AvgIpc) is 2.87. The van der Waals surface area contributed by atoms with E-state index >= 15 is 0 Å². The van der Waals surface area contributed by atoms with Crippen molar-refractivity contribution in [3.05, 3.63) is 65.3 Å². The van der Waals surface area contributed by atoms with E-state index in [0.29, 0.717) is 43.4 Å². The summed E-state index contributed by atoms with van der Waals surface area (Å²) in [6, 6.07) is 13.6. The highest BCUT2D eigenvalue weighted by atomic mass is 35.5. The average molecular weight is 489 g/mol. The molecule has 0 spiro atoms. The van der Waals surface area contributed by atoms with E-state index in [1.165, 1.54) is 6.08 Å². The maximum atomic E-state index is 12.3. The molecule has 0 bridgehead atoms. The van der Waals surface area contributed by atoms with Crippen molar-refractivity contribution in [1.29, 1.82) is 5.26 Å². The number of benzene rings is 2. The fourth-order valence-electron chi connectivity index (χ4n) is 5.14. The van der Waals surface area contributed by atoms with E-state index in [-0.39, 0.29) is 24.4 Å². The second-order valence-electron chi connectivity index (χ2n) is 8.76. The lowest BCUT2D eigenvalue weighted by atomic mass is 10.0. The summed E-state index contributed by atoms with van der Waals surface area (Å²) in [5.41, 5.74) is 2.79. The minimum atomic E-state index is -0.280. The Hall–Kier alpha value is -3.83. The van der Waals surface area contributed by atoms with Crippen molar-refractivity contribution in [2.75, 3.05) is 36.0 Å². The molecule has 1 aromatic heterocycles. The van der Waals surface area contributed by atoms with Crippen molar-refractivity contribution >= 4 is 39.8 Å². The van der Waals surface area contributed by atoms with Gasteiger partial charge in [0, 0.05) is 42.8 Å². The highest BCUT2D eigenvalue weighted by Gasteiger charge is 2.33. The normalized spacial score (nSPS) is 17.7. The summed E-state index contributed by atoms with van der Waals surface area (Å²) in [6.07, 6.45) is 2.19. The molecule has 0 saturated carbocycles. The second-order valence-corrected chi connectivity index (χ2v) is 9.16. The number of hydrogen-bond donors (Lipinski definition) is 1. The SMILES string of the molecule is C=CC(=O)N1CCN(c2nc(O)nc3c2CCN(c2cccc4cccc(Cl)c24)C3)CC1CC#N. The van der Waals surface area contributed by atoms with E-state index in [9.17, 15) is 15.2 Å². The van der Waals surface area contributed by atoms with Gasteiger partial charge in [-0.3, -0.25) is 4.79 Å². The van der Waals surface area contributed by atoms with Gasteiger partial charge in [0.1, 0.15) is 5.82 Å². The first-order valence-electron chi connectivity index (χ1n) is 11.6. The molecule has 2 aromatic carbocycles. The zero-order valence-electron chi connectivity index (χ0n) is 19.2. The second kappa shape index (κ2) is 9.43. The zero-order valence-corrected chi connectivity index (χ0v) is 19.9. The van der Waals surface area contributed by atoms with Gasteiger partial charge < -0.3 is 19.8 Å². The van der Waals surface area contributed by atoms with Gasteiger partial charge in [0.05, 0.1) is 35.8 Å². The third-order valence-electron chi connectivity index (χ3n) is 6.77. The fourth-order valence-corrected chi connectivity index (χ4v) is 5.42. The van der Waals surface area contributed by atoms with Crippen LogP contribution in [-0.2, 0) is 17.8 Å². The molecule has 0 aliphatic carbocycles. The summed E-state index contributed by atoms with van der Waals surface area (Å²) >= 11 is 6.56. The number of piperazine rings is 1. The molecular weight excluding hydrogens is 464 g/mol. The number of amides is 1. The Balaban J connectivity index is 1.46. The summed E-state index contributed by atoms with van der Waals surface area (Å²) < 4.78 is 0. The Labute approximate surface area is 208 Å². The van der Waals surface area contributed by atoms with Crippen LogP contribution < -0.4 is 9.80 Å². The number of rotatable bonds is 4. The Kier molecular flexibility index (Phi) is 6.18. The van der Waals surface area contributed by atoms with Gasteiger partial charge in [0.15, 0.2) is 0 Å². The number of nitriles is 1. The van der Waals surface area contributed by atoms with Crippen LogP contribution in [0.3, 0.4) is 0 Å². The number of aromatic nitrogens is 2. The predicted octanol–water partition coefficient (Wildman–Crippen LogP) is 3.67. The maximum absolute atomic E-state index is 12.3. The molecule has 0 radical (unpaired) electrons. The van der Waals surface area contributed by atoms with Gasteiger partial charge in [0.25, 0.3) is 0 Å². The van der Waals surface area contributed by atoms with Crippen molar-refractivity contribution in [3.63, 3.8) is 0 Å². The van der Waals surface area contributed by atoms with Crippen LogP contribution in [0.25, 0.3) is 10.8 Å². The largest absolute Gasteiger partial charge is 0.479 e. The van der Waals surface area contributed by atoms with Gasteiger partial charge in [-0.1, -0.05) is 42.4 Å². The molecule has 5 rings (SSSR count). The number of carbonyl (C=O) groups excluding carboxylic acids is 1. The third-order valence-corrected chi connectivity index (χ3v) is 7.09. The lowest BCUT2D eigenvalue weighted by Crippen LogP contribution is -2.55. The zero-order chi connectivity index (χ0) is 24.5. The van der Waals surface area contributed by atoms with E-state index in [1.54, 1.807) is 4.90 Å². The van der Waals surface area contributed by atoms with Gasteiger partial charge in [-0.15, -0.1) is 0 Å². The molecule has 35 heavy (non-hydrogen) atoms. The molecule has 1 saturated heterocycles. The van der Waals surface area contributed by atoms with Gasteiger partial charge in [-0.2, -0.15) is 15.2 Å². The van der Waals surface area contributed by atoms with Crippen LogP contribution in [0.2, 0.25) is 5.02 Å². The van der Waals surface area contributed by atoms with Gasteiger partial charge in [0.2, 0.25) is 5.91 Å². The van der Waals surface area contributed by atoms with Gasteiger partial charge >= 0.3 is 6.01 Å². The molecule has 1 unspecified atom stereocenters. The Morgan fingerprint density at radius 1 is 1.20 bits per heavy atom. The molecule has 1 N–H and O–H groups in total. The number of nitrogens with zero attached hydrogens (tertiary/aromatic N) is 6. The third kappa shape index (κ3) is 4.24. The van der Waals surface area contributed by atoms with Crippen molar-refractivity contribution in [1.82, 2.24) is 14.9 Å². The van der Waals surface area contributed by atoms with E-state index in [1.807, 2.05) is 30.3 Å². The number of hydrogen-bond acceptors (Lipinski definition) is 7. The van der Waals surface area contributed by atoms with Crippen molar-refractivity contribution in [3.8, 4) is 12.1 Å². The first kappa shape index (κ1) is 22.9. The molecule has 2 aliphatic rings. The van der Waals surface area contributed by atoms with Crippen LogP contribution in [0.1, 0.15) is 17.7 Å². The first-order chi connectivity index (χ1) is 17.0. The maximum Gasteiger partial charge on any atom is 0.316 e. The monoisotopic (exact) mass is 488 g/mol. The Morgan fingerprint density at radius 3 is 2.77 bits per heavy atom. The number of anilines is 2. The molecule has 8 nitrogen and oxygen atoms in total. The van der Waals surface area contributed by atoms with E-state index in [2.05, 4.69) is 38.5 Å². The van der Waals surface area contributed by atoms with Crippen molar-refractivity contribution in [2.24, 2.45) is 0 Å². The molecule has 178 valence electrons. The predicted molar refractivity (Wildman–Crippen MR) is 136 cm³/mol. The quantitative estimate of drug-likeness (QED) is 0.559. The lowest BCUT2D eigenvalue weighted by Gasteiger charge is -2.42. The molecule has 2 aliphatic heterocycles. The van der Waals surface area contributed by atoms with Crippen LogP contribution in [0.4, 0.5) is 11.5 Å². The standard InChI is InChI=1S/C26H25ClN6O2/c1-2-23(34)33-14-13-32(15-18(33)9-11-28)25-19-10-12-31(16-21(19)29-26(35)30-25)22-8-4-6-17-5-3-7-20(27)24(17)22/h2-8,18H,1,9-10,12-16H2,(H,29,30,35). The van der Waals surface area contributed by atoms with Gasteiger partial charge in [-0.05, 0) is 30.0 Å². The van der Waals surface area contributed by atoms with E-state index in [0.717, 1.165) is 34.3 Å². The van der Waals surface area contributed by atoms with Crippen molar-refractivity contribution in [2.45, 2.75) is 25.4 Å². The summed E-state index contributed by atoms with van der Waals surface area (Å²) in [7, 11) is 0. The Bertz CT molecular complexity index is 1350. The highest BCUT2D eigenvalue weighted by molar-refractivity contribution is 6.36. The van der Waals surface area contributed by atoms with Crippen LogP contribution in [0.5, 0.6) is 6.01 Å². The number of carbonyl (C=O) groups is 1. The van der Waals surface area contributed by atoms with Crippen LogP contribution >= 0.6 is 11.6 Å². The molecule has 1 amide bonds. The minimum Gasteiger partial charge on any atom is -0.479 e. The molecular formula is C26H25ClN6O2. The summed E-state index contributed by atoms with van der Waals surface area (Å²) in [5.74, 6) is 0.499. The first-order valence-corrected chi connectivity index (χ1v) is 11.9. The number of halogens is 1. The fraction of sp³-hybridized carbons (Fsp3) is 0.308. The van der Waals surface area contributed by atoms with Crippen LogP contribution in [0, 0.1) is 11.3 Å². The minimum absolute atomic E-state index is 0.179. The van der Waals surface area contributed by atoms with Crippen molar-refractivity contribution < 1.29 is 9.90 Å².